The van der Waals surface area contributed by atoms with Gasteiger partial charge in [-0.05, 0) is 19.1 Å². The Morgan fingerprint density at radius 3 is 2.61 bits per heavy atom. The molecular formula is C13H8ClNO3. The summed E-state index contributed by atoms with van der Waals surface area (Å²) in [4.78, 5) is 39.2. The molecule has 0 N–H and O–H groups in total. The summed E-state index contributed by atoms with van der Waals surface area (Å²) < 4.78 is 0. The van der Waals surface area contributed by atoms with Crippen LogP contribution in [0.5, 0.6) is 0 Å². The maximum absolute atomic E-state index is 12.2. The second-order valence-corrected chi connectivity index (χ2v) is 4.16. The zero-order valence-corrected chi connectivity index (χ0v) is 10.2. The molecule has 0 fully saturated rings. The molecule has 0 saturated heterocycles. The molecule has 18 heavy (non-hydrogen) atoms. The Balaban J connectivity index is 2.68. The minimum atomic E-state index is -0.565. The number of halogens is 1. The number of allylic oxidation sites excluding steroid dienone is 3. The van der Waals surface area contributed by atoms with Crippen LogP contribution in [0.1, 0.15) is 27.8 Å². The fourth-order valence-electron chi connectivity index (χ4n) is 1.67. The molecule has 0 aliphatic heterocycles. The second kappa shape index (κ2) is 4.31. The van der Waals surface area contributed by atoms with Crippen molar-refractivity contribution >= 4 is 29.0 Å². The fourth-order valence-corrected chi connectivity index (χ4v) is 1.96. The molecule has 1 heterocycles. The number of rotatable bonds is 2. The molecule has 0 unspecified atom stereocenters. The van der Waals surface area contributed by atoms with E-state index in [1.807, 2.05) is 0 Å². The van der Waals surface area contributed by atoms with Crippen molar-refractivity contribution in [2.75, 3.05) is 0 Å². The predicted octanol–water partition coefficient (Wildman–Crippen LogP) is 2.10. The quantitative estimate of drug-likeness (QED) is 0.765. The number of fused-ring (bicyclic) bond motifs is 1. The van der Waals surface area contributed by atoms with Crippen LogP contribution in [0, 0.1) is 0 Å². The molecular weight excluding hydrogens is 254 g/mol. The summed E-state index contributed by atoms with van der Waals surface area (Å²) >= 11 is 5.85. The number of hydrogen-bond acceptors (Lipinski definition) is 4. The third-order valence-electron chi connectivity index (χ3n) is 2.64. The highest BCUT2D eigenvalue weighted by molar-refractivity contribution is 6.50. The maximum atomic E-state index is 12.2. The lowest BCUT2D eigenvalue weighted by Gasteiger charge is -2.16. The minimum absolute atomic E-state index is 0.00704. The third-order valence-corrected chi connectivity index (χ3v) is 3.00. The lowest BCUT2D eigenvalue weighted by atomic mass is 9.88. The normalized spacial score (nSPS) is 14.6. The molecule has 1 aliphatic carbocycles. The fraction of sp³-hybridized carbons (Fsp3) is 0.0769. The van der Waals surface area contributed by atoms with Gasteiger partial charge in [0.05, 0.1) is 11.1 Å². The largest absolute Gasteiger partial charge is 0.295 e. The smallest absolute Gasteiger partial charge is 0.224 e. The van der Waals surface area contributed by atoms with E-state index in [2.05, 4.69) is 11.6 Å². The first-order valence-corrected chi connectivity index (χ1v) is 5.47. The highest BCUT2D eigenvalue weighted by atomic mass is 35.5. The van der Waals surface area contributed by atoms with E-state index in [0.717, 1.165) is 0 Å². The molecule has 1 aliphatic rings. The number of Topliss-reactive ketones (excluding diaryl/α,β-unsaturated/α-hetero) is 3. The zero-order chi connectivity index (χ0) is 13.4. The van der Waals surface area contributed by atoms with Crippen molar-refractivity contribution in [2.24, 2.45) is 0 Å². The van der Waals surface area contributed by atoms with Gasteiger partial charge in [-0.15, -0.1) is 0 Å². The lowest BCUT2D eigenvalue weighted by molar-refractivity contribution is -0.113. The summed E-state index contributed by atoms with van der Waals surface area (Å²) in [6, 6.07) is 3.01. The van der Waals surface area contributed by atoms with Gasteiger partial charge in [-0.3, -0.25) is 19.4 Å². The van der Waals surface area contributed by atoms with Gasteiger partial charge in [0.25, 0.3) is 0 Å². The molecule has 0 atom stereocenters. The van der Waals surface area contributed by atoms with Gasteiger partial charge in [0.15, 0.2) is 11.6 Å². The zero-order valence-electron chi connectivity index (χ0n) is 9.49. The van der Waals surface area contributed by atoms with Crippen LogP contribution in [-0.2, 0) is 4.79 Å². The number of pyridine rings is 1. The van der Waals surface area contributed by atoms with Gasteiger partial charge < -0.3 is 0 Å². The van der Waals surface area contributed by atoms with Crippen LogP contribution in [0.15, 0.2) is 41.1 Å². The number of ketones is 3. The molecule has 0 saturated carbocycles. The van der Waals surface area contributed by atoms with Crippen LogP contribution in [-0.4, -0.2) is 22.3 Å². The van der Waals surface area contributed by atoms with Gasteiger partial charge >= 0.3 is 0 Å². The number of carbonyl (C=O) groups is 3. The monoisotopic (exact) mass is 261 g/mol. The first-order chi connectivity index (χ1) is 8.45. The third kappa shape index (κ3) is 1.71. The maximum Gasteiger partial charge on any atom is 0.224 e. The van der Waals surface area contributed by atoms with E-state index in [-0.39, 0.29) is 27.4 Å². The van der Waals surface area contributed by atoms with Crippen molar-refractivity contribution in [3.05, 3.63) is 52.3 Å². The summed E-state index contributed by atoms with van der Waals surface area (Å²) in [5.41, 5.74) is -0.0422. The van der Waals surface area contributed by atoms with Gasteiger partial charge in [-0.1, -0.05) is 18.2 Å². The highest BCUT2D eigenvalue weighted by Gasteiger charge is 2.34. The van der Waals surface area contributed by atoms with Crippen LogP contribution in [0.25, 0.3) is 0 Å². The van der Waals surface area contributed by atoms with E-state index in [0.29, 0.717) is 0 Å². The molecule has 0 bridgehead atoms. The standard InChI is InChI=1S/C13H8ClNO3/c1-6(7(2)16)9-10(14)13(18)11-8(12(9)17)4-3-5-15-11/h3-5H,1H2,2H3. The van der Waals surface area contributed by atoms with E-state index in [1.54, 1.807) is 0 Å². The van der Waals surface area contributed by atoms with Crippen molar-refractivity contribution in [1.82, 2.24) is 4.98 Å². The molecule has 5 heteroatoms. The van der Waals surface area contributed by atoms with Crippen molar-refractivity contribution in [3.8, 4) is 0 Å². The summed E-state index contributed by atoms with van der Waals surface area (Å²) in [6.45, 7) is 4.76. The molecule has 0 radical (unpaired) electrons. The number of carbonyl (C=O) groups excluding carboxylic acids is 3. The lowest BCUT2D eigenvalue weighted by Crippen LogP contribution is -2.23. The van der Waals surface area contributed by atoms with Crippen LogP contribution in [0.2, 0.25) is 0 Å². The summed E-state index contributed by atoms with van der Waals surface area (Å²) in [7, 11) is 0. The summed E-state index contributed by atoms with van der Waals surface area (Å²) in [5.74, 6) is -1.47. The predicted molar refractivity (Wildman–Crippen MR) is 65.6 cm³/mol. The second-order valence-electron chi connectivity index (χ2n) is 3.78. The van der Waals surface area contributed by atoms with Gasteiger partial charge in [0.2, 0.25) is 5.78 Å². The molecule has 0 amide bonds. The minimum Gasteiger partial charge on any atom is -0.295 e. The molecule has 4 nitrogen and oxygen atoms in total. The van der Waals surface area contributed by atoms with Crippen LogP contribution in [0.3, 0.4) is 0 Å². The molecule has 0 aromatic carbocycles. The Labute approximate surface area is 108 Å². The average Bonchev–Trinajstić information content (AvgIpc) is 2.36. The van der Waals surface area contributed by atoms with Crippen molar-refractivity contribution in [3.63, 3.8) is 0 Å². The Morgan fingerprint density at radius 2 is 2.00 bits per heavy atom. The van der Waals surface area contributed by atoms with E-state index < -0.39 is 17.3 Å². The van der Waals surface area contributed by atoms with Crippen LogP contribution < -0.4 is 0 Å². The molecule has 90 valence electrons. The number of nitrogens with zero attached hydrogens (tertiary/aromatic N) is 1. The van der Waals surface area contributed by atoms with Crippen molar-refractivity contribution < 1.29 is 14.4 Å². The summed E-state index contributed by atoms with van der Waals surface area (Å²) in [5, 5.41) is -0.300. The van der Waals surface area contributed by atoms with Crippen LogP contribution in [0.4, 0.5) is 0 Å². The van der Waals surface area contributed by atoms with Gasteiger partial charge in [-0.25, -0.2) is 0 Å². The van der Waals surface area contributed by atoms with Gasteiger partial charge in [-0.2, -0.15) is 0 Å². The highest BCUT2D eigenvalue weighted by Crippen LogP contribution is 2.30. The Bertz CT molecular complexity index is 643. The van der Waals surface area contributed by atoms with Gasteiger partial charge in [0.1, 0.15) is 10.7 Å². The first-order valence-electron chi connectivity index (χ1n) is 5.09. The topological polar surface area (TPSA) is 64.1 Å². The number of hydrogen-bond donors (Lipinski definition) is 0. The average molecular weight is 262 g/mol. The summed E-state index contributed by atoms with van der Waals surface area (Å²) in [6.07, 6.45) is 1.40. The van der Waals surface area contributed by atoms with E-state index in [9.17, 15) is 14.4 Å². The Hall–Kier alpha value is -2.07. The number of aromatic nitrogens is 1. The molecule has 1 aromatic heterocycles. The van der Waals surface area contributed by atoms with Crippen LogP contribution >= 0.6 is 11.6 Å². The van der Waals surface area contributed by atoms with E-state index in [4.69, 9.17) is 11.6 Å². The van der Waals surface area contributed by atoms with Crippen molar-refractivity contribution in [2.45, 2.75) is 6.92 Å². The Morgan fingerprint density at radius 1 is 1.33 bits per heavy atom. The SMILES string of the molecule is C=C(C(C)=O)C1=C(Cl)C(=O)c2ncccc2C1=O. The Kier molecular flexibility index (Phi) is 2.97. The van der Waals surface area contributed by atoms with E-state index >= 15 is 0 Å². The molecule has 0 spiro atoms. The first kappa shape index (κ1) is 12.4. The molecule has 2 rings (SSSR count). The molecule has 1 aromatic rings. The van der Waals surface area contributed by atoms with Gasteiger partial charge in [0, 0.05) is 11.8 Å². The van der Waals surface area contributed by atoms with Crippen molar-refractivity contribution in [1.29, 1.82) is 0 Å². The van der Waals surface area contributed by atoms with E-state index in [1.165, 1.54) is 25.3 Å².